The zero-order chi connectivity index (χ0) is 29.1. The number of alkyl halides is 3. The number of rotatable bonds is 8. The van der Waals surface area contributed by atoms with Crippen LogP contribution in [0.5, 0.6) is 5.75 Å². The first-order valence-electron chi connectivity index (χ1n) is 12.9. The van der Waals surface area contributed by atoms with Crippen molar-refractivity contribution < 1.29 is 31.1 Å². The van der Waals surface area contributed by atoms with E-state index in [1.807, 2.05) is 18.7 Å². The van der Waals surface area contributed by atoms with E-state index in [-0.39, 0.29) is 17.3 Å². The standard InChI is InChI=1S/C29H32F3N3O4S/c1-4-39-27-13-10-22(18-23(27)20-33(3)40(37,38)26-11-8-21(2)9-12-26)28(36)35-16-14-34(15-17-35)25-7-5-6-24(19-25)29(30,31)32/h5-13,18-19H,4,14-17,20H2,1-3H3. The number of nitrogens with zero attached hydrogens (tertiary/aromatic N) is 3. The fraction of sp³-hybridized carbons (Fsp3) is 0.345. The molecule has 0 N–H and O–H groups in total. The van der Waals surface area contributed by atoms with E-state index in [0.29, 0.717) is 55.3 Å². The Balaban J connectivity index is 1.49. The predicted octanol–water partition coefficient (Wildman–Crippen LogP) is 5.20. The second-order valence-electron chi connectivity index (χ2n) is 9.66. The first-order chi connectivity index (χ1) is 18.9. The van der Waals surface area contributed by atoms with Crippen molar-refractivity contribution in [2.45, 2.75) is 31.5 Å². The van der Waals surface area contributed by atoms with Gasteiger partial charge in [0.1, 0.15) is 5.75 Å². The molecule has 0 aromatic heterocycles. The summed E-state index contributed by atoms with van der Waals surface area (Å²) in [5.74, 6) is 0.247. The van der Waals surface area contributed by atoms with Crippen LogP contribution in [0.15, 0.2) is 71.6 Å². The molecule has 7 nitrogen and oxygen atoms in total. The summed E-state index contributed by atoms with van der Waals surface area (Å²) in [7, 11) is -2.30. The Hall–Kier alpha value is -3.57. The first-order valence-corrected chi connectivity index (χ1v) is 14.3. The summed E-state index contributed by atoms with van der Waals surface area (Å²) >= 11 is 0. The molecule has 0 aliphatic carbocycles. The van der Waals surface area contributed by atoms with Gasteiger partial charge in [-0.05, 0) is 62.4 Å². The normalized spacial score (nSPS) is 14.5. The number of anilines is 1. The lowest BCUT2D eigenvalue weighted by atomic mass is 10.1. The summed E-state index contributed by atoms with van der Waals surface area (Å²) in [5, 5.41) is 0. The average molecular weight is 576 g/mol. The van der Waals surface area contributed by atoms with Crippen LogP contribution in [0, 0.1) is 6.92 Å². The Morgan fingerprint density at radius 3 is 2.27 bits per heavy atom. The van der Waals surface area contributed by atoms with Crippen molar-refractivity contribution in [1.82, 2.24) is 9.21 Å². The Bertz CT molecular complexity index is 1450. The van der Waals surface area contributed by atoms with Gasteiger partial charge in [-0.1, -0.05) is 23.8 Å². The third-order valence-electron chi connectivity index (χ3n) is 6.83. The van der Waals surface area contributed by atoms with Gasteiger partial charge in [0.2, 0.25) is 10.0 Å². The van der Waals surface area contributed by atoms with Crippen molar-refractivity contribution in [3.8, 4) is 5.75 Å². The molecule has 1 heterocycles. The minimum atomic E-state index is -4.42. The van der Waals surface area contributed by atoms with Crippen LogP contribution < -0.4 is 9.64 Å². The van der Waals surface area contributed by atoms with Gasteiger partial charge in [0.15, 0.2) is 0 Å². The number of carbonyl (C=O) groups is 1. The highest BCUT2D eigenvalue weighted by Crippen LogP contribution is 2.32. The molecule has 1 saturated heterocycles. The van der Waals surface area contributed by atoms with Crippen molar-refractivity contribution in [2.24, 2.45) is 0 Å². The lowest BCUT2D eigenvalue weighted by molar-refractivity contribution is -0.137. The number of aryl methyl sites for hydroxylation is 1. The SMILES string of the molecule is CCOc1ccc(C(=O)N2CCN(c3cccc(C(F)(F)F)c3)CC2)cc1CN(C)S(=O)(=O)c1ccc(C)cc1. The molecule has 214 valence electrons. The Morgan fingerprint density at radius 1 is 0.975 bits per heavy atom. The predicted molar refractivity (Wildman–Crippen MR) is 147 cm³/mol. The van der Waals surface area contributed by atoms with Crippen LogP contribution in [0.3, 0.4) is 0 Å². The molecule has 0 saturated carbocycles. The molecule has 1 fully saturated rings. The minimum absolute atomic E-state index is 0.00398. The summed E-state index contributed by atoms with van der Waals surface area (Å²) in [6, 6.07) is 16.7. The Labute approximate surface area is 232 Å². The number of sulfonamides is 1. The van der Waals surface area contributed by atoms with E-state index in [0.717, 1.165) is 17.7 Å². The first kappa shape index (κ1) is 29.4. The number of ether oxygens (including phenoxy) is 1. The molecule has 0 unspecified atom stereocenters. The fourth-order valence-electron chi connectivity index (χ4n) is 4.58. The van der Waals surface area contributed by atoms with E-state index in [4.69, 9.17) is 4.74 Å². The molecule has 1 aliphatic rings. The molecule has 11 heteroatoms. The zero-order valence-electron chi connectivity index (χ0n) is 22.6. The van der Waals surface area contributed by atoms with Crippen molar-refractivity contribution in [1.29, 1.82) is 0 Å². The molecule has 3 aromatic carbocycles. The van der Waals surface area contributed by atoms with E-state index in [1.165, 1.54) is 17.4 Å². The van der Waals surface area contributed by atoms with E-state index >= 15 is 0 Å². The van der Waals surface area contributed by atoms with Gasteiger partial charge in [-0.25, -0.2) is 8.42 Å². The number of benzene rings is 3. The van der Waals surface area contributed by atoms with Crippen molar-refractivity contribution >= 4 is 21.6 Å². The summed E-state index contributed by atoms with van der Waals surface area (Å²) < 4.78 is 72.6. The molecule has 3 aromatic rings. The monoisotopic (exact) mass is 575 g/mol. The number of amides is 1. The molecule has 1 amide bonds. The van der Waals surface area contributed by atoms with E-state index in [9.17, 15) is 26.4 Å². The Morgan fingerprint density at radius 2 is 1.65 bits per heavy atom. The minimum Gasteiger partial charge on any atom is -0.494 e. The number of carbonyl (C=O) groups excluding carboxylic acids is 1. The fourth-order valence-corrected chi connectivity index (χ4v) is 5.73. The molecular weight excluding hydrogens is 543 g/mol. The zero-order valence-corrected chi connectivity index (χ0v) is 23.4. The average Bonchev–Trinajstić information content (AvgIpc) is 2.93. The largest absolute Gasteiger partial charge is 0.494 e. The lowest BCUT2D eigenvalue weighted by Crippen LogP contribution is -2.48. The van der Waals surface area contributed by atoms with Gasteiger partial charge in [-0.15, -0.1) is 0 Å². The summed E-state index contributed by atoms with van der Waals surface area (Å²) in [6.45, 7) is 5.49. The van der Waals surface area contributed by atoms with Crippen LogP contribution >= 0.6 is 0 Å². The van der Waals surface area contributed by atoms with Crippen LogP contribution in [-0.2, 0) is 22.7 Å². The van der Waals surface area contributed by atoms with Gasteiger partial charge in [-0.3, -0.25) is 4.79 Å². The maximum Gasteiger partial charge on any atom is 0.416 e. The molecular formula is C29H32F3N3O4S. The van der Waals surface area contributed by atoms with E-state index in [2.05, 4.69) is 0 Å². The highest BCUT2D eigenvalue weighted by atomic mass is 32.2. The Kier molecular flexibility index (Phi) is 8.74. The smallest absolute Gasteiger partial charge is 0.416 e. The van der Waals surface area contributed by atoms with Gasteiger partial charge < -0.3 is 14.5 Å². The lowest BCUT2D eigenvalue weighted by Gasteiger charge is -2.36. The highest BCUT2D eigenvalue weighted by molar-refractivity contribution is 7.89. The summed E-state index contributed by atoms with van der Waals surface area (Å²) in [4.78, 5) is 17.0. The molecule has 1 aliphatic heterocycles. The van der Waals surface area contributed by atoms with Gasteiger partial charge in [-0.2, -0.15) is 17.5 Å². The number of halogens is 3. The van der Waals surface area contributed by atoms with E-state index in [1.54, 1.807) is 53.4 Å². The number of hydrogen-bond acceptors (Lipinski definition) is 5. The third kappa shape index (κ3) is 6.59. The second-order valence-corrected chi connectivity index (χ2v) is 11.7. The number of piperazine rings is 1. The van der Waals surface area contributed by atoms with Crippen LogP contribution in [0.1, 0.15) is 34.0 Å². The maximum absolute atomic E-state index is 13.4. The molecule has 40 heavy (non-hydrogen) atoms. The van der Waals surface area contributed by atoms with Crippen LogP contribution in [0.25, 0.3) is 0 Å². The van der Waals surface area contributed by atoms with Crippen LogP contribution in [0.4, 0.5) is 18.9 Å². The molecule has 0 radical (unpaired) electrons. The van der Waals surface area contributed by atoms with Gasteiger partial charge in [0.25, 0.3) is 5.91 Å². The summed E-state index contributed by atoms with van der Waals surface area (Å²) in [6.07, 6.45) is -4.42. The van der Waals surface area contributed by atoms with Crippen molar-refractivity contribution in [3.05, 3.63) is 89.0 Å². The number of hydrogen-bond donors (Lipinski definition) is 0. The van der Waals surface area contributed by atoms with E-state index < -0.39 is 21.8 Å². The third-order valence-corrected chi connectivity index (χ3v) is 8.65. The maximum atomic E-state index is 13.4. The second kappa shape index (κ2) is 11.9. The highest BCUT2D eigenvalue weighted by Gasteiger charge is 2.31. The van der Waals surface area contributed by atoms with Gasteiger partial charge >= 0.3 is 6.18 Å². The molecule has 0 atom stereocenters. The van der Waals surface area contributed by atoms with Crippen LogP contribution in [-0.4, -0.2) is 63.4 Å². The van der Waals surface area contributed by atoms with Gasteiger partial charge in [0, 0.05) is 56.6 Å². The molecule has 0 spiro atoms. The topological polar surface area (TPSA) is 70.2 Å². The molecule has 4 rings (SSSR count). The molecule has 0 bridgehead atoms. The van der Waals surface area contributed by atoms with Crippen molar-refractivity contribution in [2.75, 3.05) is 44.7 Å². The van der Waals surface area contributed by atoms with Gasteiger partial charge in [0.05, 0.1) is 17.1 Å². The van der Waals surface area contributed by atoms with Crippen molar-refractivity contribution in [3.63, 3.8) is 0 Å². The van der Waals surface area contributed by atoms with Crippen LogP contribution in [0.2, 0.25) is 0 Å². The summed E-state index contributed by atoms with van der Waals surface area (Å²) in [5.41, 5.74) is 1.63. The quantitative estimate of drug-likeness (QED) is 0.370.